The van der Waals surface area contributed by atoms with Crippen molar-refractivity contribution < 1.29 is 13.2 Å². The number of rotatable bonds is 6. The summed E-state index contributed by atoms with van der Waals surface area (Å²) in [5.74, 6) is 1.68. The molecule has 5 heteroatoms. The molecule has 1 aliphatic rings. The van der Waals surface area contributed by atoms with E-state index in [0.29, 0.717) is 5.92 Å². The first-order valence-corrected chi connectivity index (χ1v) is 8.76. The molecule has 1 saturated carbocycles. The van der Waals surface area contributed by atoms with Crippen LogP contribution in [0, 0.1) is 5.92 Å². The van der Waals surface area contributed by atoms with Crippen LogP contribution in [0.2, 0.25) is 0 Å². The van der Waals surface area contributed by atoms with Gasteiger partial charge in [-0.15, -0.1) is 0 Å². The minimum absolute atomic E-state index is 0.156. The Bertz CT molecular complexity index is 564. The van der Waals surface area contributed by atoms with Crippen LogP contribution in [0.15, 0.2) is 23.1 Å². The molecule has 1 aliphatic carbocycles. The second-order valence-corrected chi connectivity index (χ2v) is 7.22. The van der Waals surface area contributed by atoms with Gasteiger partial charge in [-0.05, 0) is 54.9 Å². The third-order valence-corrected chi connectivity index (χ3v) is 5.06. The predicted molar refractivity (Wildman–Crippen MR) is 79.4 cm³/mol. The summed E-state index contributed by atoms with van der Waals surface area (Å²) in [4.78, 5) is 0.156. The molecule has 0 radical (unpaired) electrons. The molecule has 1 fully saturated rings. The van der Waals surface area contributed by atoms with Gasteiger partial charge in [0.25, 0.3) is 0 Å². The molecule has 20 heavy (non-hydrogen) atoms. The van der Waals surface area contributed by atoms with E-state index in [1.165, 1.54) is 25.3 Å². The lowest BCUT2D eigenvalue weighted by atomic mass is 9.86. The van der Waals surface area contributed by atoms with Crippen molar-refractivity contribution in [2.24, 2.45) is 11.1 Å². The van der Waals surface area contributed by atoms with Crippen LogP contribution in [-0.2, 0) is 10.0 Å². The quantitative estimate of drug-likeness (QED) is 0.877. The Kier molecular flexibility index (Phi) is 4.70. The standard InChI is InChI=1S/C15H23NO3S/c1-3-11(2)14-9-13(20(16,17)18)7-8-15(14)19-10-12-5-4-6-12/h7-9,11-12H,3-6,10H2,1-2H3,(H2,16,17,18). The van der Waals surface area contributed by atoms with Gasteiger partial charge in [0, 0.05) is 0 Å². The van der Waals surface area contributed by atoms with Gasteiger partial charge in [-0.25, -0.2) is 13.6 Å². The molecule has 0 bridgehead atoms. The first kappa shape index (κ1) is 15.3. The lowest BCUT2D eigenvalue weighted by Crippen LogP contribution is -2.20. The molecule has 1 aromatic rings. The maximum atomic E-state index is 11.5. The van der Waals surface area contributed by atoms with E-state index in [1.54, 1.807) is 12.1 Å². The van der Waals surface area contributed by atoms with Crippen molar-refractivity contribution in [1.29, 1.82) is 0 Å². The van der Waals surface area contributed by atoms with Gasteiger partial charge in [0.2, 0.25) is 10.0 Å². The van der Waals surface area contributed by atoms with E-state index < -0.39 is 10.0 Å². The van der Waals surface area contributed by atoms with E-state index in [2.05, 4.69) is 13.8 Å². The van der Waals surface area contributed by atoms with Crippen LogP contribution < -0.4 is 9.88 Å². The summed E-state index contributed by atoms with van der Waals surface area (Å²) in [6, 6.07) is 4.91. The Morgan fingerprint density at radius 1 is 1.40 bits per heavy atom. The highest BCUT2D eigenvalue weighted by Gasteiger charge is 2.20. The largest absolute Gasteiger partial charge is 0.493 e. The average molecular weight is 297 g/mol. The third-order valence-electron chi connectivity index (χ3n) is 4.15. The highest BCUT2D eigenvalue weighted by atomic mass is 32.2. The lowest BCUT2D eigenvalue weighted by molar-refractivity contribution is 0.179. The van der Waals surface area contributed by atoms with Crippen LogP contribution in [0.4, 0.5) is 0 Å². The van der Waals surface area contributed by atoms with Gasteiger partial charge in [-0.2, -0.15) is 0 Å². The first-order chi connectivity index (χ1) is 9.41. The van der Waals surface area contributed by atoms with Crippen molar-refractivity contribution >= 4 is 10.0 Å². The van der Waals surface area contributed by atoms with E-state index >= 15 is 0 Å². The molecule has 2 N–H and O–H groups in total. The molecule has 0 aliphatic heterocycles. The first-order valence-electron chi connectivity index (χ1n) is 7.21. The summed E-state index contributed by atoms with van der Waals surface area (Å²) in [6.45, 7) is 4.86. The van der Waals surface area contributed by atoms with Crippen molar-refractivity contribution in [3.63, 3.8) is 0 Å². The molecule has 0 spiro atoms. The van der Waals surface area contributed by atoms with Gasteiger partial charge < -0.3 is 4.74 Å². The van der Waals surface area contributed by atoms with Crippen LogP contribution in [0.1, 0.15) is 51.0 Å². The summed E-state index contributed by atoms with van der Waals surface area (Å²) in [5.41, 5.74) is 0.929. The monoisotopic (exact) mass is 297 g/mol. The lowest BCUT2D eigenvalue weighted by Gasteiger charge is -2.26. The molecule has 4 nitrogen and oxygen atoms in total. The molecule has 112 valence electrons. The molecule has 1 unspecified atom stereocenters. The normalized spacial score (nSPS) is 17.6. The summed E-state index contributed by atoms with van der Waals surface area (Å²) in [6.07, 6.45) is 4.67. The smallest absolute Gasteiger partial charge is 0.238 e. The zero-order valence-electron chi connectivity index (χ0n) is 12.1. The fourth-order valence-corrected chi connectivity index (χ4v) is 2.86. The summed E-state index contributed by atoms with van der Waals surface area (Å²) in [5, 5.41) is 5.20. The fraction of sp³-hybridized carbons (Fsp3) is 0.600. The van der Waals surface area contributed by atoms with E-state index in [1.807, 2.05) is 0 Å². The summed E-state index contributed by atoms with van der Waals surface area (Å²) >= 11 is 0. The summed E-state index contributed by atoms with van der Waals surface area (Å²) in [7, 11) is -3.66. The van der Waals surface area contributed by atoms with Gasteiger partial charge >= 0.3 is 0 Å². The number of ether oxygens (including phenoxy) is 1. The topological polar surface area (TPSA) is 69.4 Å². The van der Waals surface area contributed by atoms with Crippen LogP contribution >= 0.6 is 0 Å². The molecule has 0 saturated heterocycles. The SMILES string of the molecule is CCC(C)c1cc(S(N)(=O)=O)ccc1OCC1CCC1. The molecule has 2 rings (SSSR count). The van der Waals surface area contributed by atoms with Crippen LogP contribution in [-0.4, -0.2) is 15.0 Å². The van der Waals surface area contributed by atoms with E-state index in [0.717, 1.165) is 24.3 Å². The minimum Gasteiger partial charge on any atom is -0.493 e. The Morgan fingerprint density at radius 2 is 2.10 bits per heavy atom. The number of hydrogen-bond donors (Lipinski definition) is 1. The van der Waals surface area contributed by atoms with Gasteiger partial charge in [-0.1, -0.05) is 20.3 Å². The van der Waals surface area contributed by atoms with Crippen molar-refractivity contribution in [3.05, 3.63) is 23.8 Å². The average Bonchev–Trinajstić information content (AvgIpc) is 2.35. The summed E-state index contributed by atoms with van der Waals surface area (Å²) < 4.78 is 28.8. The van der Waals surface area contributed by atoms with Crippen LogP contribution in [0.3, 0.4) is 0 Å². The molecule has 1 aromatic carbocycles. The van der Waals surface area contributed by atoms with Crippen LogP contribution in [0.25, 0.3) is 0 Å². The predicted octanol–water partition coefficient (Wildman–Crippen LogP) is 3.03. The highest BCUT2D eigenvalue weighted by Crippen LogP contribution is 2.33. The third kappa shape index (κ3) is 3.52. The number of nitrogens with two attached hydrogens (primary N) is 1. The van der Waals surface area contributed by atoms with Crippen molar-refractivity contribution in [2.45, 2.75) is 50.3 Å². The molecule has 0 heterocycles. The minimum atomic E-state index is -3.66. The maximum Gasteiger partial charge on any atom is 0.238 e. The number of benzene rings is 1. The van der Waals surface area contributed by atoms with E-state index in [4.69, 9.17) is 9.88 Å². The van der Waals surface area contributed by atoms with Gasteiger partial charge in [-0.3, -0.25) is 0 Å². The Morgan fingerprint density at radius 3 is 2.60 bits per heavy atom. The number of hydrogen-bond acceptors (Lipinski definition) is 3. The van der Waals surface area contributed by atoms with Gasteiger partial charge in [0.05, 0.1) is 11.5 Å². The van der Waals surface area contributed by atoms with Crippen molar-refractivity contribution in [1.82, 2.24) is 0 Å². The van der Waals surface area contributed by atoms with Crippen molar-refractivity contribution in [3.8, 4) is 5.75 Å². The van der Waals surface area contributed by atoms with E-state index in [-0.39, 0.29) is 10.8 Å². The maximum absolute atomic E-state index is 11.5. The van der Waals surface area contributed by atoms with Gasteiger partial charge in [0.1, 0.15) is 5.75 Å². The Balaban J connectivity index is 2.24. The Hall–Kier alpha value is -1.07. The number of sulfonamides is 1. The van der Waals surface area contributed by atoms with Crippen LogP contribution in [0.5, 0.6) is 5.75 Å². The molecular formula is C15H23NO3S. The number of primary sulfonamides is 1. The van der Waals surface area contributed by atoms with Crippen molar-refractivity contribution in [2.75, 3.05) is 6.61 Å². The second-order valence-electron chi connectivity index (χ2n) is 5.66. The fourth-order valence-electron chi connectivity index (χ4n) is 2.31. The molecular weight excluding hydrogens is 274 g/mol. The second kappa shape index (κ2) is 6.14. The van der Waals surface area contributed by atoms with Gasteiger partial charge in [0.15, 0.2) is 0 Å². The Labute approximate surface area is 121 Å². The zero-order valence-corrected chi connectivity index (χ0v) is 12.9. The van der Waals surface area contributed by atoms with E-state index in [9.17, 15) is 8.42 Å². The molecule has 1 atom stereocenters. The molecule has 0 aromatic heterocycles. The zero-order chi connectivity index (χ0) is 14.8. The highest BCUT2D eigenvalue weighted by molar-refractivity contribution is 7.89. The molecule has 0 amide bonds.